The fraction of sp³-hybridized carbons (Fsp3) is 0.267. The molecule has 0 spiro atoms. The van der Waals surface area contributed by atoms with Gasteiger partial charge in [-0.1, -0.05) is 12.1 Å². The quantitative estimate of drug-likeness (QED) is 0.144. The van der Waals surface area contributed by atoms with Gasteiger partial charge in [0.2, 0.25) is 0 Å². The molecule has 3 N–H and O–H groups in total. The highest BCUT2D eigenvalue weighted by Gasteiger charge is 2.24. The van der Waals surface area contributed by atoms with Gasteiger partial charge >= 0.3 is 0 Å². The van der Waals surface area contributed by atoms with E-state index in [1.165, 1.54) is 9.58 Å². The van der Waals surface area contributed by atoms with E-state index in [9.17, 15) is 15.3 Å². The third kappa shape index (κ3) is 6.76. The van der Waals surface area contributed by atoms with Crippen LogP contribution in [0, 0.1) is 13.8 Å². The number of aliphatic hydroxyl groups is 1. The van der Waals surface area contributed by atoms with Crippen molar-refractivity contribution in [3.8, 4) is 11.5 Å². The smallest absolute Gasteiger partial charge is 0.173 e. The first-order valence-electron chi connectivity index (χ1n) is 14.1. The first-order chi connectivity index (χ1) is 21.4. The predicted molar refractivity (Wildman–Crippen MR) is 164 cm³/mol. The average Bonchev–Trinajstić information content (AvgIpc) is 3.65. The van der Waals surface area contributed by atoms with Crippen molar-refractivity contribution in [3.05, 3.63) is 100 Å². The minimum absolute atomic E-state index is 0.0477. The number of aromatic hydroxyl groups is 2. The van der Waals surface area contributed by atoms with Gasteiger partial charge in [0.25, 0.3) is 0 Å². The number of aliphatic hydroxyl groups excluding tert-OH is 1. The van der Waals surface area contributed by atoms with Crippen LogP contribution < -0.4 is 4.90 Å². The Labute approximate surface area is 253 Å². The fourth-order valence-corrected chi connectivity index (χ4v) is 4.84. The molecule has 2 heterocycles. The van der Waals surface area contributed by atoms with E-state index in [1.54, 1.807) is 50.5 Å². The van der Waals surface area contributed by atoms with Crippen LogP contribution in [-0.2, 0) is 0 Å². The summed E-state index contributed by atoms with van der Waals surface area (Å²) in [5.41, 5.74) is 4.29. The molecule has 0 saturated carbocycles. The van der Waals surface area contributed by atoms with Crippen LogP contribution in [0.1, 0.15) is 58.7 Å². The van der Waals surface area contributed by atoms with E-state index >= 15 is 0 Å². The number of nitrogens with zero attached hydrogens (tertiary/aromatic N) is 11. The SMILES string of the molecule is CCN(CCCO)c1cccc(C(c2cc(C=Nn3nnnc3C)ccc2O)c2cc(C=Nn3nnnc3C)ccc2O)c1. The summed E-state index contributed by atoms with van der Waals surface area (Å²) in [5.74, 6) is 0.560. The van der Waals surface area contributed by atoms with Crippen molar-refractivity contribution in [2.24, 2.45) is 10.2 Å². The summed E-state index contributed by atoms with van der Waals surface area (Å²) in [6, 6.07) is 18.3. The van der Waals surface area contributed by atoms with Crippen LogP contribution >= 0.6 is 0 Å². The Kier molecular flexibility index (Phi) is 9.30. The summed E-state index contributed by atoms with van der Waals surface area (Å²) < 4.78 is 0. The number of benzene rings is 3. The monoisotopic (exact) mass is 595 g/mol. The number of hydrogen-bond acceptors (Lipinski definition) is 12. The second-order valence-corrected chi connectivity index (χ2v) is 10.0. The molecule has 5 aromatic rings. The van der Waals surface area contributed by atoms with Crippen LogP contribution in [0.15, 0.2) is 70.9 Å². The summed E-state index contributed by atoms with van der Waals surface area (Å²) >= 11 is 0. The van der Waals surface area contributed by atoms with Crippen molar-refractivity contribution in [2.45, 2.75) is 33.1 Å². The van der Waals surface area contributed by atoms with Gasteiger partial charge in [-0.15, -0.1) is 19.8 Å². The van der Waals surface area contributed by atoms with Crippen LogP contribution in [0.2, 0.25) is 0 Å². The molecule has 44 heavy (non-hydrogen) atoms. The highest BCUT2D eigenvalue weighted by atomic mass is 16.3. The number of aromatic nitrogens is 8. The van der Waals surface area contributed by atoms with Crippen LogP contribution in [0.3, 0.4) is 0 Å². The lowest BCUT2D eigenvalue weighted by atomic mass is 9.82. The molecule has 0 fully saturated rings. The molecule has 0 atom stereocenters. The van der Waals surface area contributed by atoms with Crippen molar-refractivity contribution in [1.29, 1.82) is 0 Å². The Hall–Kier alpha value is -5.50. The standard InChI is InChI=1S/C30H33N11O3/c1-4-39(13-6-14-42)25-8-5-7-24(17-25)30(26-15-22(9-11-28(26)43)18-31-40-20(2)33-35-37-40)27-16-23(10-12-29(27)44)19-32-41-21(3)34-36-38-41/h5,7-12,15-19,30,42-44H,4,6,13-14H2,1-3H3. The first-order valence-corrected chi connectivity index (χ1v) is 14.1. The maximum absolute atomic E-state index is 11.2. The van der Waals surface area contributed by atoms with Crippen LogP contribution in [0.25, 0.3) is 0 Å². The van der Waals surface area contributed by atoms with Crippen molar-refractivity contribution in [3.63, 3.8) is 0 Å². The van der Waals surface area contributed by atoms with E-state index in [1.807, 2.05) is 36.4 Å². The van der Waals surface area contributed by atoms with Crippen molar-refractivity contribution in [1.82, 2.24) is 40.6 Å². The molecule has 0 radical (unpaired) electrons. The molecule has 5 rings (SSSR count). The summed E-state index contributed by atoms with van der Waals surface area (Å²) in [7, 11) is 0. The first kappa shape index (κ1) is 30.0. The maximum atomic E-state index is 11.2. The lowest BCUT2D eigenvalue weighted by Crippen LogP contribution is -2.24. The molecule has 14 heteroatoms. The van der Waals surface area contributed by atoms with Gasteiger partial charge in [-0.05, 0) is 113 Å². The van der Waals surface area contributed by atoms with Gasteiger partial charge in [-0.3, -0.25) is 0 Å². The number of rotatable bonds is 12. The Morgan fingerprint density at radius 3 is 1.86 bits per heavy atom. The molecule has 0 aliphatic carbocycles. The molecule has 226 valence electrons. The Balaban J connectivity index is 1.63. The molecular weight excluding hydrogens is 562 g/mol. The number of aryl methyl sites for hydroxylation is 2. The molecule has 3 aromatic carbocycles. The Bertz CT molecular complexity index is 1680. The summed E-state index contributed by atoms with van der Waals surface area (Å²) in [6.07, 6.45) is 3.84. The van der Waals surface area contributed by atoms with E-state index in [4.69, 9.17) is 0 Å². The summed E-state index contributed by atoms with van der Waals surface area (Å²) in [6.45, 7) is 7.06. The van der Waals surface area contributed by atoms with Gasteiger partial charge in [0.15, 0.2) is 11.6 Å². The summed E-state index contributed by atoms with van der Waals surface area (Å²) in [4.78, 5) is 4.78. The van der Waals surface area contributed by atoms with Crippen molar-refractivity contribution < 1.29 is 15.3 Å². The van der Waals surface area contributed by atoms with Gasteiger partial charge in [0.05, 0.1) is 12.4 Å². The van der Waals surface area contributed by atoms with Crippen LogP contribution in [-0.4, -0.2) is 88.1 Å². The van der Waals surface area contributed by atoms with Gasteiger partial charge in [0, 0.05) is 42.4 Å². The third-order valence-corrected chi connectivity index (χ3v) is 7.10. The predicted octanol–water partition coefficient (Wildman–Crippen LogP) is 2.84. The normalized spacial score (nSPS) is 12.4. The van der Waals surface area contributed by atoms with Gasteiger partial charge in [-0.2, -0.15) is 10.2 Å². The highest BCUT2D eigenvalue weighted by Crippen LogP contribution is 2.42. The lowest BCUT2D eigenvalue weighted by Gasteiger charge is -2.26. The topological polar surface area (TPSA) is 176 Å². The van der Waals surface area contributed by atoms with E-state index in [0.29, 0.717) is 46.9 Å². The molecule has 0 aliphatic rings. The van der Waals surface area contributed by atoms with Gasteiger partial charge in [0.1, 0.15) is 11.5 Å². The van der Waals surface area contributed by atoms with Gasteiger partial charge < -0.3 is 20.2 Å². The zero-order valence-corrected chi connectivity index (χ0v) is 24.6. The average molecular weight is 596 g/mol. The number of phenols is 2. The molecular formula is C30H33N11O3. The molecule has 0 saturated heterocycles. The fourth-order valence-electron chi connectivity index (χ4n) is 4.84. The second kappa shape index (κ2) is 13.6. The molecule has 2 aromatic heterocycles. The zero-order chi connectivity index (χ0) is 31.1. The van der Waals surface area contributed by atoms with E-state index in [0.717, 1.165) is 17.8 Å². The van der Waals surface area contributed by atoms with Crippen LogP contribution in [0.4, 0.5) is 5.69 Å². The molecule has 14 nitrogen and oxygen atoms in total. The van der Waals surface area contributed by atoms with Crippen molar-refractivity contribution in [2.75, 3.05) is 24.6 Å². The second-order valence-electron chi connectivity index (χ2n) is 10.0. The molecule has 0 aliphatic heterocycles. The maximum Gasteiger partial charge on any atom is 0.173 e. The van der Waals surface area contributed by atoms with Gasteiger partial charge in [-0.25, -0.2) is 0 Å². The number of phenolic OH excluding ortho intramolecular Hbond substituents is 2. The largest absolute Gasteiger partial charge is 0.508 e. The molecule has 0 unspecified atom stereocenters. The minimum Gasteiger partial charge on any atom is -0.508 e. The highest BCUT2D eigenvalue weighted by molar-refractivity contribution is 5.82. The Morgan fingerprint density at radius 1 is 0.818 bits per heavy atom. The number of hydrogen-bond donors (Lipinski definition) is 3. The molecule has 0 amide bonds. The number of anilines is 1. The van der Waals surface area contributed by atoms with E-state index < -0.39 is 5.92 Å². The molecule has 0 bridgehead atoms. The minimum atomic E-state index is -0.585. The third-order valence-electron chi connectivity index (χ3n) is 7.10. The van der Waals surface area contributed by atoms with Crippen molar-refractivity contribution >= 4 is 18.1 Å². The number of tetrazole rings is 2. The van der Waals surface area contributed by atoms with Crippen LogP contribution in [0.5, 0.6) is 11.5 Å². The lowest BCUT2D eigenvalue weighted by molar-refractivity contribution is 0.289. The zero-order valence-electron chi connectivity index (χ0n) is 24.6. The van der Waals surface area contributed by atoms with E-state index in [-0.39, 0.29) is 18.1 Å². The van der Waals surface area contributed by atoms with E-state index in [2.05, 4.69) is 53.1 Å². The Morgan fingerprint density at radius 2 is 1.39 bits per heavy atom. The summed E-state index contributed by atoms with van der Waals surface area (Å²) in [5, 5.41) is 63.2.